The van der Waals surface area contributed by atoms with E-state index in [0.29, 0.717) is 36.8 Å². The molecular formula is C31H35N3O5. The van der Waals surface area contributed by atoms with E-state index < -0.39 is 11.6 Å². The number of carbonyl (C=O) groups is 1. The van der Waals surface area contributed by atoms with Crippen LogP contribution in [-0.4, -0.2) is 60.9 Å². The van der Waals surface area contributed by atoms with Crippen molar-refractivity contribution in [2.75, 3.05) is 33.4 Å². The molecule has 204 valence electrons. The second-order valence-corrected chi connectivity index (χ2v) is 9.86. The van der Waals surface area contributed by atoms with Crippen molar-refractivity contribution >= 4 is 11.8 Å². The van der Waals surface area contributed by atoms with Crippen LogP contribution in [0.5, 0.6) is 11.5 Å². The summed E-state index contributed by atoms with van der Waals surface area (Å²) in [5, 5.41) is 11.0. The third-order valence-corrected chi connectivity index (χ3v) is 7.11. The molecule has 0 unspecified atom stereocenters. The molecule has 1 fully saturated rings. The highest BCUT2D eigenvalue weighted by Crippen LogP contribution is 2.43. The standard InChI is InChI=1S/C31H35N3O5/c1-37-27-12-7-11-25(21-27)28-31(22-23-9-3-2-4-10-23,30(36)33-34-17-5-6-18-34)32-29(39-28)24-13-15-26(16-14-24)38-20-8-19-35/h2-4,7,9-16,21,28,35H,5-6,8,17-20,22H2,1H3,(H,33,36)/t28-,31-/m0/s1. The van der Waals surface area contributed by atoms with E-state index in [-0.39, 0.29) is 12.5 Å². The number of hydrogen-bond donors (Lipinski definition) is 2. The fourth-order valence-electron chi connectivity index (χ4n) is 5.06. The van der Waals surface area contributed by atoms with Crippen molar-refractivity contribution < 1.29 is 24.1 Å². The fraction of sp³-hybridized carbons (Fsp3) is 0.355. The van der Waals surface area contributed by atoms with Crippen molar-refractivity contribution in [3.05, 3.63) is 95.6 Å². The number of methoxy groups -OCH3 is 1. The first-order chi connectivity index (χ1) is 19.1. The van der Waals surface area contributed by atoms with Crippen LogP contribution in [0.1, 0.15) is 42.1 Å². The molecule has 2 aliphatic heterocycles. The summed E-state index contributed by atoms with van der Waals surface area (Å²) in [6.45, 7) is 2.14. The van der Waals surface area contributed by atoms with Gasteiger partial charge in [-0.25, -0.2) is 10.0 Å². The Balaban J connectivity index is 1.55. The van der Waals surface area contributed by atoms with Crippen LogP contribution in [0, 0.1) is 0 Å². The highest BCUT2D eigenvalue weighted by molar-refractivity contribution is 6.01. The van der Waals surface area contributed by atoms with Gasteiger partial charge in [0.1, 0.15) is 11.5 Å². The topological polar surface area (TPSA) is 92.6 Å². The lowest BCUT2D eigenvalue weighted by Gasteiger charge is -2.32. The maximum atomic E-state index is 14.2. The molecule has 2 N–H and O–H groups in total. The lowest BCUT2D eigenvalue weighted by Crippen LogP contribution is -2.54. The lowest BCUT2D eigenvalue weighted by atomic mass is 9.82. The zero-order valence-corrected chi connectivity index (χ0v) is 22.2. The smallest absolute Gasteiger partial charge is 0.266 e. The van der Waals surface area contributed by atoms with Gasteiger partial charge in [0.2, 0.25) is 5.90 Å². The number of nitrogens with one attached hydrogen (secondary N) is 1. The van der Waals surface area contributed by atoms with Crippen LogP contribution < -0.4 is 14.9 Å². The van der Waals surface area contributed by atoms with E-state index in [9.17, 15) is 4.79 Å². The first-order valence-corrected chi connectivity index (χ1v) is 13.5. The van der Waals surface area contributed by atoms with Gasteiger partial charge in [0.25, 0.3) is 5.91 Å². The molecule has 1 saturated heterocycles. The molecule has 0 saturated carbocycles. The van der Waals surface area contributed by atoms with Crippen LogP contribution >= 0.6 is 0 Å². The molecule has 39 heavy (non-hydrogen) atoms. The molecule has 0 radical (unpaired) electrons. The van der Waals surface area contributed by atoms with Crippen molar-refractivity contribution in [2.24, 2.45) is 4.99 Å². The number of aliphatic hydroxyl groups excluding tert-OH is 1. The number of hydrogen-bond acceptors (Lipinski definition) is 7. The van der Waals surface area contributed by atoms with Gasteiger partial charge in [-0.15, -0.1) is 0 Å². The van der Waals surface area contributed by atoms with Gasteiger partial charge in [0, 0.05) is 38.1 Å². The van der Waals surface area contributed by atoms with Crippen molar-refractivity contribution in [1.82, 2.24) is 10.4 Å². The fourth-order valence-corrected chi connectivity index (χ4v) is 5.06. The second kappa shape index (κ2) is 12.3. The summed E-state index contributed by atoms with van der Waals surface area (Å²) in [4.78, 5) is 19.3. The van der Waals surface area contributed by atoms with Crippen LogP contribution in [0.4, 0.5) is 0 Å². The maximum absolute atomic E-state index is 14.2. The Bertz CT molecular complexity index is 1270. The molecular weight excluding hydrogens is 494 g/mol. The molecule has 1 amide bonds. The summed E-state index contributed by atoms with van der Waals surface area (Å²) in [6.07, 6.45) is 2.34. The van der Waals surface area contributed by atoms with Gasteiger partial charge >= 0.3 is 0 Å². The highest BCUT2D eigenvalue weighted by atomic mass is 16.5. The van der Waals surface area contributed by atoms with Crippen molar-refractivity contribution in [3.8, 4) is 11.5 Å². The number of nitrogens with zero attached hydrogens (tertiary/aromatic N) is 2. The average molecular weight is 530 g/mol. The lowest BCUT2D eigenvalue weighted by molar-refractivity contribution is -0.133. The molecule has 3 aromatic carbocycles. The molecule has 0 aliphatic carbocycles. The van der Waals surface area contributed by atoms with Crippen LogP contribution in [0.15, 0.2) is 83.9 Å². The zero-order chi connectivity index (χ0) is 27.1. The van der Waals surface area contributed by atoms with Crippen LogP contribution in [-0.2, 0) is 16.0 Å². The molecule has 5 rings (SSSR count). The zero-order valence-electron chi connectivity index (χ0n) is 22.2. The van der Waals surface area contributed by atoms with Gasteiger partial charge in [0.05, 0.1) is 13.7 Å². The Morgan fingerprint density at radius 3 is 2.54 bits per heavy atom. The molecule has 2 atom stereocenters. The quantitative estimate of drug-likeness (QED) is 0.364. The number of aliphatic imine (C=N–C) groups is 1. The third-order valence-electron chi connectivity index (χ3n) is 7.11. The number of ether oxygens (including phenoxy) is 3. The minimum atomic E-state index is -1.25. The van der Waals surface area contributed by atoms with E-state index >= 15 is 0 Å². The number of amides is 1. The summed E-state index contributed by atoms with van der Waals surface area (Å²) in [6, 6.07) is 25.0. The predicted molar refractivity (Wildman–Crippen MR) is 149 cm³/mol. The van der Waals surface area contributed by atoms with Gasteiger partial charge in [0.15, 0.2) is 11.6 Å². The summed E-state index contributed by atoms with van der Waals surface area (Å²) in [5.41, 5.74) is 4.46. The van der Waals surface area contributed by atoms with E-state index in [1.807, 2.05) is 83.9 Å². The Morgan fingerprint density at radius 2 is 1.82 bits per heavy atom. The maximum Gasteiger partial charge on any atom is 0.266 e. The highest BCUT2D eigenvalue weighted by Gasteiger charge is 2.54. The summed E-state index contributed by atoms with van der Waals surface area (Å²) < 4.78 is 17.8. The predicted octanol–water partition coefficient (Wildman–Crippen LogP) is 4.08. The van der Waals surface area contributed by atoms with Gasteiger partial charge in [-0.1, -0.05) is 42.5 Å². The molecule has 2 heterocycles. The number of aliphatic hydroxyl groups is 1. The van der Waals surface area contributed by atoms with Crippen molar-refractivity contribution in [3.63, 3.8) is 0 Å². The summed E-state index contributed by atoms with van der Waals surface area (Å²) >= 11 is 0. The van der Waals surface area contributed by atoms with Gasteiger partial charge in [-0.2, -0.15) is 0 Å². The van der Waals surface area contributed by atoms with Gasteiger partial charge in [-0.3, -0.25) is 10.2 Å². The Kier molecular flexibility index (Phi) is 8.44. The number of hydrazine groups is 1. The van der Waals surface area contributed by atoms with Crippen LogP contribution in [0.25, 0.3) is 0 Å². The Labute approximate surface area is 229 Å². The molecule has 0 aromatic heterocycles. The van der Waals surface area contributed by atoms with Crippen molar-refractivity contribution in [1.29, 1.82) is 0 Å². The average Bonchev–Trinajstić information content (AvgIpc) is 3.63. The molecule has 8 nitrogen and oxygen atoms in total. The molecule has 0 spiro atoms. The number of carbonyl (C=O) groups excluding carboxylic acids is 1. The van der Waals surface area contributed by atoms with E-state index in [4.69, 9.17) is 24.3 Å². The normalized spacial score (nSPS) is 20.8. The Hall–Kier alpha value is -3.88. The molecule has 3 aromatic rings. The summed E-state index contributed by atoms with van der Waals surface area (Å²) in [7, 11) is 1.62. The molecule has 2 aliphatic rings. The molecule has 8 heteroatoms. The first-order valence-electron chi connectivity index (χ1n) is 13.5. The number of benzene rings is 3. The van der Waals surface area contributed by atoms with E-state index in [1.54, 1.807) is 7.11 Å². The van der Waals surface area contributed by atoms with Gasteiger partial charge in [-0.05, 0) is 60.4 Å². The second-order valence-electron chi connectivity index (χ2n) is 9.86. The Morgan fingerprint density at radius 1 is 1.05 bits per heavy atom. The van der Waals surface area contributed by atoms with E-state index in [2.05, 4.69) is 5.43 Å². The van der Waals surface area contributed by atoms with E-state index in [0.717, 1.165) is 42.6 Å². The van der Waals surface area contributed by atoms with Crippen LogP contribution in [0.2, 0.25) is 0 Å². The summed E-state index contributed by atoms with van der Waals surface area (Å²) in [5.74, 6) is 1.58. The SMILES string of the molecule is COc1cccc([C@@H]2OC(c3ccc(OCCCO)cc3)=N[C@]2(Cc2ccccc2)C(=O)NN2CCCC2)c1. The van der Waals surface area contributed by atoms with Crippen LogP contribution in [0.3, 0.4) is 0 Å². The largest absolute Gasteiger partial charge is 0.497 e. The number of rotatable bonds is 11. The van der Waals surface area contributed by atoms with Gasteiger partial charge < -0.3 is 19.3 Å². The van der Waals surface area contributed by atoms with E-state index in [1.165, 1.54) is 0 Å². The third kappa shape index (κ3) is 6.08. The monoisotopic (exact) mass is 529 g/mol. The minimum Gasteiger partial charge on any atom is -0.497 e. The minimum absolute atomic E-state index is 0.0807. The molecule has 0 bridgehead atoms. The first kappa shape index (κ1) is 26.7. The van der Waals surface area contributed by atoms with Crippen molar-refractivity contribution in [2.45, 2.75) is 37.3 Å².